The summed E-state index contributed by atoms with van der Waals surface area (Å²) in [6.45, 7) is 6.66. The molecule has 1 rings (SSSR count). The zero-order chi connectivity index (χ0) is 9.73. The third kappa shape index (κ3) is 4.10. The van der Waals surface area contributed by atoms with Crippen molar-refractivity contribution in [3.63, 3.8) is 0 Å². The van der Waals surface area contributed by atoms with Gasteiger partial charge >= 0.3 is 0 Å². The smallest absolute Gasteiger partial charge is 0.0580 e. The molecule has 0 saturated carbocycles. The highest BCUT2D eigenvalue weighted by molar-refractivity contribution is 4.77. The summed E-state index contributed by atoms with van der Waals surface area (Å²) in [5.41, 5.74) is 0.372. The summed E-state index contributed by atoms with van der Waals surface area (Å²) < 4.78 is 5.73. The molecule has 1 atom stereocenters. The van der Waals surface area contributed by atoms with Crippen molar-refractivity contribution in [1.82, 2.24) is 5.32 Å². The average molecular weight is 185 g/mol. The topological polar surface area (TPSA) is 21.3 Å². The molecule has 0 unspecified atom stereocenters. The number of hydrogen-bond acceptors (Lipinski definition) is 2. The van der Waals surface area contributed by atoms with Gasteiger partial charge in [-0.3, -0.25) is 0 Å². The first-order valence-corrected chi connectivity index (χ1v) is 5.40. The number of ether oxygens (including phenoxy) is 1. The molecule has 1 fully saturated rings. The van der Waals surface area contributed by atoms with Gasteiger partial charge in [-0.2, -0.15) is 0 Å². The second-order valence-corrected chi connectivity index (χ2v) is 4.89. The minimum atomic E-state index is 0.372. The molecule has 1 saturated heterocycles. The molecule has 1 aliphatic heterocycles. The summed E-state index contributed by atoms with van der Waals surface area (Å²) in [4.78, 5) is 0. The third-order valence-electron chi connectivity index (χ3n) is 2.71. The Labute approximate surface area is 82.0 Å². The fourth-order valence-corrected chi connectivity index (χ4v) is 2.14. The predicted octanol–water partition coefficient (Wildman–Crippen LogP) is 2.19. The number of nitrogens with one attached hydrogen (secondary N) is 1. The van der Waals surface area contributed by atoms with E-state index in [1.165, 1.54) is 25.7 Å². The lowest BCUT2D eigenvalue weighted by Crippen LogP contribution is -2.33. The molecule has 2 nitrogen and oxygen atoms in total. The molecule has 0 aromatic rings. The molecule has 0 aliphatic carbocycles. The molecule has 1 aliphatic rings. The second kappa shape index (κ2) is 4.97. The van der Waals surface area contributed by atoms with Crippen molar-refractivity contribution in [2.45, 2.75) is 45.6 Å². The van der Waals surface area contributed by atoms with E-state index in [-0.39, 0.29) is 0 Å². The molecule has 0 amide bonds. The van der Waals surface area contributed by atoms with Gasteiger partial charge in [-0.25, -0.2) is 0 Å². The van der Waals surface area contributed by atoms with Gasteiger partial charge in [0.15, 0.2) is 0 Å². The van der Waals surface area contributed by atoms with Crippen LogP contribution >= 0.6 is 0 Å². The number of rotatable bonds is 4. The molecule has 1 heterocycles. The summed E-state index contributed by atoms with van der Waals surface area (Å²) in [7, 11) is 2.02. The lowest BCUT2D eigenvalue weighted by Gasteiger charge is -2.31. The molecule has 0 aromatic carbocycles. The van der Waals surface area contributed by atoms with Crippen LogP contribution in [0.4, 0.5) is 0 Å². The maximum atomic E-state index is 5.73. The van der Waals surface area contributed by atoms with Crippen LogP contribution in [0.25, 0.3) is 0 Å². The van der Waals surface area contributed by atoms with Crippen LogP contribution in [0, 0.1) is 5.41 Å². The van der Waals surface area contributed by atoms with E-state index < -0.39 is 0 Å². The Hall–Kier alpha value is -0.0800. The minimum Gasteiger partial charge on any atom is -0.378 e. The van der Waals surface area contributed by atoms with Crippen molar-refractivity contribution in [2.24, 2.45) is 5.41 Å². The van der Waals surface area contributed by atoms with Gasteiger partial charge in [-0.15, -0.1) is 0 Å². The minimum absolute atomic E-state index is 0.372. The first-order chi connectivity index (χ1) is 6.14. The van der Waals surface area contributed by atoms with E-state index in [1.54, 1.807) is 0 Å². The fraction of sp³-hybridized carbons (Fsp3) is 1.00. The lowest BCUT2D eigenvalue weighted by atomic mass is 9.84. The summed E-state index contributed by atoms with van der Waals surface area (Å²) in [6, 6.07) is 0. The summed E-state index contributed by atoms with van der Waals surface area (Å²) in [5.74, 6) is 0. The van der Waals surface area contributed by atoms with Crippen molar-refractivity contribution in [3.05, 3.63) is 0 Å². The monoisotopic (exact) mass is 185 g/mol. The molecule has 0 bridgehead atoms. The van der Waals surface area contributed by atoms with Crippen LogP contribution in [0.15, 0.2) is 0 Å². The maximum absolute atomic E-state index is 5.73. The van der Waals surface area contributed by atoms with Crippen LogP contribution in [0.2, 0.25) is 0 Å². The van der Waals surface area contributed by atoms with E-state index in [4.69, 9.17) is 4.74 Å². The van der Waals surface area contributed by atoms with Gasteiger partial charge < -0.3 is 10.1 Å². The maximum Gasteiger partial charge on any atom is 0.0580 e. The van der Waals surface area contributed by atoms with Crippen molar-refractivity contribution in [3.8, 4) is 0 Å². The Morgan fingerprint density at radius 1 is 1.38 bits per heavy atom. The van der Waals surface area contributed by atoms with E-state index in [2.05, 4.69) is 19.2 Å². The van der Waals surface area contributed by atoms with E-state index in [0.717, 1.165) is 13.2 Å². The quantitative estimate of drug-likeness (QED) is 0.725. The van der Waals surface area contributed by atoms with Gasteiger partial charge in [0.05, 0.1) is 6.10 Å². The second-order valence-electron chi connectivity index (χ2n) is 4.89. The van der Waals surface area contributed by atoms with E-state index >= 15 is 0 Å². The Morgan fingerprint density at radius 2 is 2.15 bits per heavy atom. The lowest BCUT2D eigenvalue weighted by molar-refractivity contribution is -0.00930. The largest absolute Gasteiger partial charge is 0.378 e. The Kier molecular flexibility index (Phi) is 4.20. The van der Waals surface area contributed by atoms with Crippen molar-refractivity contribution < 1.29 is 4.74 Å². The predicted molar refractivity (Wildman–Crippen MR) is 55.9 cm³/mol. The van der Waals surface area contributed by atoms with E-state index in [0.29, 0.717) is 11.5 Å². The van der Waals surface area contributed by atoms with E-state index in [1.807, 2.05) is 7.05 Å². The summed E-state index contributed by atoms with van der Waals surface area (Å²) >= 11 is 0. The average Bonchev–Trinajstić information content (AvgIpc) is 2.04. The standard InChI is InChI=1S/C11H23NO/c1-11(2,9-12-3)8-10-6-4-5-7-13-10/h10,12H,4-9H2,1-3H3/t10-/m1/s1. The highest BCUT2D eigenvalue weighted by Gasteiger charge is 2.24. The van der Waals surface area contributed by atoms with Gasteiger partial charge in [0, 0.05) is 13.2 Å². The Balaban J connectivity index is 2.28. The van der Waals surface area contributed by atoms with Crippen LogP contribution in [-0.4, -0.2) is 26.3 Å². The summed E-state index contributed by atoms with van der Waals surface area (Å²) in [6.07, 6.45) is 5.56. The fourth-order valence-electron chi connectivity index (χ4n) is 2.14. The van der Waals surface area contributed by atoms with Crippen LogP contribution in [0.5, 0.6) is 0 Å². The first-order valence-electron chi connectivity index (χ1n) is 5.40. The van der Waals surface area contributed by atoms with Crippen LogP contribution < -0.4 is 5.32 Å². The van der Waals surface area contributed by atoms with Gasteiger partial charge in [-0.05, 0) is 38.1 Å². The molecular weight excluding hydrogens is 162 g/mol. The molecule has 13 heavy (non-hydrogen) atoms. The van der Waals surface area contributed by atoms with Crippen molar-refractivity contribution in [1.29, 1.82) is 0 Å². The van der Waals surface area contributed by atoms with Gasteiger partial charge in [0.1, 0.15) is 0 Å². The highest BCUT2D eigenvalue weighted by Crippen LogP contribution is 2.27. The molecular formula is C11H23NO. The van der Waals surface area contributed by atoms with Crippen LogP contribution in [0.1, 0.15) is 39.5 Å². The molecule has 2 heteroatoms. The SMILES string of the molecule is CNCC(C)(C)C[C@H]1CCCCO1. The zero-order valence-electron chi connectivity index (χ0n) is 9.23. The Morgan fingerprint density at radius 3 is 2.69 bits per heavy atom. The van der Waals surface area contributed by atoms with Gasteiger partial charge in [0.25, 0.3) is 0 Å². The Bertz CT molecular complexity index is 139. The molecule has 0 aromatic heterocycles. The zero-order valence-corrected chi connectivity index (χ0v) is 9.23. The highest BCUT2D eigenvalue weighted by atomic mass is 16.5. The number of hydrogen-bond donors (Lipinski definition) is 1. The first kappa shape index (κ1) is 11.0. The molecule has 0 radical (unpaired) electrons. The van der Waals surface area contributed by atoms with Gasteiger partial charge in [0.2, 0.25) is 0 Å². The molecule has 78 valence electrons. The molecule has 1 N–H and O–H groups in total. The molecule has 0 spiro atoms. The summed E-state index contributed by atoms with van der Waals surface area (Å²) in [5, 5.41) is 3.24. The third-order valence-corrected chi connectivity index (χ3v) is 2.71. The van der Waals surface area contributed by atoms with Crippen molar-refractivity contribution in [2.75, 3.05) is 20.2 Å². The van der Waals surface area contributed by atoms with Gasteiger partial charge in [-0.1, -0.05) is 13.8 Å². The van der Waals surface area contributed by atoms with Crippen LogP contribution in [-0.2, 0) is 4.74 Å². The normalized spacial score (nSPS) is 24.7. The van der Waals surface area contributed by atoms with Crippen LogP contribution in [0.3, 0.4) is 0 Å². The van der Waals surface area contributed by atoms with Crippen molar-refractivity contribution >= 4 is 0 Å². The van der Waals surface area contributed by atoms with E-state index in [9.17, 15) is 0 Å².